The molecule has 0 spiro atoms. The average Bonchev–Trinajstić information content (AvgIpc) is 3.01. The lowest BCUT2D eigenvalue weighted by molar-refractivity contribution is -0.402. The van der Waals surface area contributed by atoms with E-state index in [-0.39, 0.29) is 17.2 Å². The van der Waals surface area contributed by atoms with Gasteiger partial charge in [0.25, 0.3) is 0 Å². The second-order valence-electron chi connectivity index (χ2n) is 4.68. The van der Waals surface area contributed by atoms with E-state index in [0.29, 0.717) is 16.6 Å². The monoisotopic (exact) mass is 310 g/mol. The number of nitrogens with zero attached hydrogens (tertiary/aromatic N) is 2. The Morgan fingerprint density at radius 2 is 2.00 bits per heavy atom. The summed E-state index contributed by atoms with van der Waals surface area (Å²) in [4.78, 5) is 25.7. The van der Waals surface area contributed by atoms with E-state index in [9.17, 15) is 20.0 Å². The molecule has 7 heteroatoms. The molecule has 7 nitrogen and oxygen atoms in total. The molecule has 114 valence electrons. The Morgan fingerprint density at radius 3 is 2.70 bits per heavy atom. The standard InChI is InChI=1S/C16H10N2O5/c19-16(20)13-9-10(17-14-4-2-1-3-12(13)14)5-6-11-7-8-15(23-11)18(21)22/h1-9H,(H,19,20)/b6-5+. The van der Waals surface area contributed by atoms with Crippen molar-refractivity contribution in [1.82, 2.24) is 4.98 Å². The summed E-state index contributed by atoms with van der Waals surface area (Å²) in [5, 5.41) is 20.4. The lowest BCUT2D eigenvalue weighted by atomic mass is 10.1. The van der Waals surface area contributed by atoms with Crippen LogP contribution in [0.5, 0.6) is 0 Å². The summed E-state index contributed by atoms with van der Waals surface area (Å²) < 4.78 is 5.00. The van der Waals surface area contributed by atoms with E-state index in [1.165, 1.54) is 24.3 Å². The van der Waals surface area contributed by atoms with Crippen molar-refractivity contribution in [2.45, 2.75) is 0 Å². The van der Waals surface area contributed by atoms with Crippen LogP contribution in [0.2, 0.25) is 0 Å². The van der Waals surface area contributed by atoms with E-state index in [1.807, 2.05) is 0 Å². The van der Waals surface area contributed by atoms with Crippen molar-refractivity contribution in [3.63, 3.8) is 0 Å². The highest BCUT2D eigenvalue weighted by Gasteiger charge is 2.12. The van der Waals surface area contributed by atoms with Gasteiger partial charge in [0, 0.05) is 5.39 Å². The molecule has 3 rings (SSSR count). The minimum atomic E-state index is -1.05. The maximum atomic E-state index is 11.4. The normalized spacial score (nSPS) is 11.1. The molecule has 0 unspecified atom stereocenters. The molecule has 1 N–H and O–H groups in total. The summed E-state index contributed by atoms with van der Waals surface area (Å²) in [7, 11) is 0. The molecule has 0 radical (unpaired) electrons. The quantitative estimate of drug-likeness (QED) is 0.582. The molecule has 0 saturated carbocycles. The van der Waals surface area contributed by atoms with E-state index in [4.69, 9.17) is 4.42 Å². The number of hydrogen-bond acceptors (Lipinski definition) is 5. The van der Waals surface area contributed by atoms with E-state index < -0.39 is 10.9 Å². The maximum Gasteiger partial charge on any atom is 0.433 e. The molecule has 0 aliphatic rings. The van der Waals surface area contributed by atoms with Gasteiger partial charge in [-0.3, -0.25) is 10.1 Å². The molecule has 0 fully saturated rings. The third-order valence-corrected chi connectivity index (χ3v) is 3.18. The van der Waals surface area contributed by atoms with Crippen molar-refractivity contribution in [1.29, 1.82) is 0 Å². The summed E-state index contributed by atoms with van der Waals surface area (Å²) in [5.74, 6) is -1.13. The Morgan fingerprint density at radius 1 is 1.22 bits per heavy atom. The molecule has 0 aliphatic carbocycles. The SMILES string of the molecule is O=C(O)c1cc(/C=C/c2ccc([N+](=O)[O-])o2)nc2ccccc12. The van der Waals surface area contributed by atoms with E-state index >= 15 is 0 Å². The van der Waals surface area contributed by atoms with Crippen molar-refractivity contribution in [2.75, 3.05) is 0 Å². The molecule has 0 saturated heterocycles. The maximum absolute atomic E-state index is 11.4. The number of benzene rings is 1. The Kier molecular flexibility index (Phi) is 3.60. The van der Waals surface area contributed by atoms with Crippen molar-refractivity contribution in [2.24, 2.45) is 0 Å². The van der Waals surface area contributed by atoms with Crippen molar-refractivity contribution in [3.05, 3.63) is 69.6 Å². The fraction of sp³-hybridized carbons (Fsp3) is 0. The molecule has 0 bridgehead atoms. The van der Waals surface area contributed by atoms with Crippen LogP contribution in [0.15, 0.2) is 46.9 Å². The molecule has 1 aromatic carbocycles. The van der Waals surface area contributed by atoms with E-state index in [1.54, 1.807) is 30.3 Å². The number of carbonyl (C=O) groups is 1. The van der Waals surface area contributed by atoms with Gasteiger partial charge >= 0.3 is 11.9 Å². The van der Waals surface area contributed by atoms with Crippen LogP contribution >= 0.6 is 0 Å². The number of hydrogen-bond donors (Lipinski definition) is 1. The zero-order chi connectivity index (χ0) is 16.4. The van der Waals surface area contributed by atoms with Gasteiger partial charge in [0.1, 0.15) is 10.7 Å². The second-order valence-corrected chi connectivity index (χ2v) is 4.68. The lowest BCUT2D eigenvalue weighted by Crippen LogP contribution is -2.00. The van der Waals surface area contributed by atoms with Crippen molar-refractivity contribution >= 4 is 34.9 Å². The van der Waals surface area contributed by atoms with Gasteiger partial charge in [0.15, 0.2) is 0 Å². The Balaban J connectivity index is 2.00. The topological polar surface area (TPSA) is 106 Å². The van der Waals surface area contributed by atoms with Crippen LogP contribution in [0, 0.1) is 10.1 Å². The van der Waals surface area contributed by atoms with Crippen LogP contribution in [0.3, 0.4) is 0 Å². The first-order valence-electron chi connectivity index (χ1n) is 6.60. The Bertz CT molecular complexity index is 943. The molecule has 2 heterocycles. The highest BCUT2D eigenvalue weighted by Crippen LogP contribution is 2.21. The summed E-state index contributed by atoms with van der Waals surface area (Å²) in [6.07, 6.45) is 3.04. The molecule has 0 amide bonds. The molecule has 0 atom stereocenters. The highest BCUT2D eigenvalue weighted by atomic mass is 16.6. The van der Waals surface area contributed by atoms with Gasteiger partial charge in [-0.05, 0) is 30.4 Å². The molecular formula is C16H10N2O5. The number of carboxylic acids is 1. The zero-order valence-corrected chi connectivity index (χ0v) is 11.7. The molecule has 2 aromatic heterocycles. The smallest absolute Gasteiger partial charge is 0.433 e. The van der Waals surface area contributed by atoms with Crippen LogP contribution in [-0.4, -0.2) is 21.0 Å². The summed E-state index contributed by atoms with van der Waals surface area (Å²) in [6, 6.07) is 11.1. The largest absolute Gasteiger partial charge is 0.478 e. The minimum Gasteiger partial charge on any atom is -0.478 e. The third-order valence-electron chi connectivity index (χ3n) is 3.18. The lowest BCUT2D eigenvalue weighted by Gasteiger charge is -2.03. The van der Waals surface area contributed by atoms with Gasteiger partial charge in [-0.2, -0.15) is 0 Å². The van der Waals surface area contributed by atoms with Gasteiger partial charge in [0.2, 0.25) is 0 Å². The summed E-state index contributed by atoms with van der Waals surface area (Å²) in [6.45, 7) is 0. The predicted molar refractivity (Wildman–Crippen MR) is 83.0 cm³/mol. The first-order chi connectivity index (χ1) is 11.0. The van der Waals surface area contributed by atoms with Crippen LogP contribution < -0.4 is 0 Å². The number of aromatic nitrogens is 1. The number of carboxylic acid groups (broad SMARTS) is 1. The van der Waals surface area contributed by atoms with Crippen LogP contribution in [0.25, 0.3) is 23.1 Å². The number of nitro groups is 1. The van der Waals surface area contributed by atoms with Crippen LogP contribution in [-0.2, 0) is 0 Å². The van der Waals surface area contributed by atoms with E-state index in [0.717, 1.165) is 0 Å². The van der Waals surface area contributed by atoms with Gasteiger partial charge in [-0.15, -0.1) is 0 Å². The number of pyridine rings is 1. The van der Waals surface area contributed by atoms with Crippen molar-refractivity contribution in [3.8, 4) is 0 Å². The van der Waals surface area contributed by atoms with E-state index in [2.05, 4.69) is 4.98 Å². The first-order valence-corrected chi connectivity index (χ1v) is 6.60. The fourth-order valence-corrected chi connectivity index (χ4v) is 2.16. The average molecular weight is 310 g/mol. The van der Waals surface area contributed by atoms with Crippen molar-refractivity contribution < 1.29 is 19.2 Å². The van der Waals surface area contributed by atoms with Gasteiger partial charge in [-0.1, -0.05) is 18.2 Å². The highest BCUT2D eigenvalue weighted by molar-refractivity contribution is 6.03. The molecule has 3 aromatic rings. The van der Waals surface area contributed by atoms with Gasteiger partial charge in [-0.25, -0.2) is 9.78 Å². The van der Waals surface area contributed by atoms with Gasteiger partial charge in [0.05, 0.1) is 22.8 Å². The number of rotatable bonds is 4. The number of para-hydroxylation sites is 1. The summed E-state index contributed by atoms with van der Waals surface area (Å²) >= 11 is 0. The summed E-state index contributed by atoms with van der Waals surface area (Å²) in [5.41, 5.74) is 1.11. The number of aromatic carboxylic acids is 1. The molecule has 0 aliphatic heterocycles. The molecule has 23 heavy (non-hydrogen) atoms. The Hall–Kier alpha value is -3.48. The number of furan rings is 1. The van der Waals surface area contributed by atoms with Crippen LogP contribution in [0.1, 0.15) is 21.8 Å². The zero-order valence-electron chi connectivity index (χ0n) is 11.7. The number of fused-ring (bicyclic) bond motifs is 1. The van der Waals surface area contributed by atoms with Crippen LogP contribution in [0.4, 0.5) is 5.88 Å². The second kappa shape index (κ2) is 5.72. The van der Waals surface area contributed by atoms with Gasteiger partial charge < -0.3 is 9.52 Å². The Labute approximate surface area is 129 Å². The minimum absolute atomic E-state index is 0.140. The predicted octanol–water partition coefficient (Wildman–Crippen LogP) is 3.60. The molecular weight excluding hydrogens is 300 g/mol. The first kappa shape index (κ1) is 14.5. The fourth-order valence-electron chi connectivity index (χ4n) is 2.16. The third kappa shape index (κ3) is 2.93.